The first kappa shape index (κ1) is 16.4. The van der Waals surface area contributed by atoms with Crippen LogP contribution in [0.4, 0.5) is 5.69 Å². The number of para-hydroxylation sites is 1. The molecule has 21 heavy (non-hydrogen) atoms. The molecule has 0 bridgehead atoms. The SMILES string of the molecule is CCCNCCCCCCN1CCCCc2ccccc21. The first-order valence-electron chi connectivity index (χ1n) is 8.95. The van der Waals surface area contributed by atoms with E-state index in [1.54, 1.807) is 5.56 Å². The molecule has 0 radical (unpaired) electrons. The van der Waals surface area contributed by atoms with Crippen LogP contribution in [0.15, 0.2) is 24.3 Å². The number of nitrogens with zero attached hydrogens (tertiary/aromatic N) is 1. The average molecular weight is 288 g/mol. The topological polar surface area (TPSA) is 15.3 Å². The van der Waals surface area contributed by atoms with E-state index < -0.39 is 0 Å². The lowest BCUT2D eigenvalue weighted by molar-refractivity contribution is 0.578. The summed E-state index contributed by atoms with van der Waals surface area (Å²) < 4.78 is 0. The van der Waals surface area contributed by atoms with Crippen LogP contribution < -0.4 is 10.2 Å². The molecule has 2 nitrogen and oxygen atoms in total. The Labute approximate surface area is 130 Å². The van der Waals surface area contributed by atoms with Crippen LogP contribution in [0, 0.1) is 0 Å². The first-order valence-corrected chi connectivity index (χ1v) is 8.95. The van der Waals surface area contributed by atoms with Crippen molar-refractivity contribution in [2.75, 3.05) is 31.1 Å². The molecular weight excluding hydrogens is 256 g/mol. The Bertz CT molecular complexity index is 389. The molecule has 2 rings (SSSR count). The maximum atomic E-state index is 3.49. The fourth-order valence-electron chi connectivity index (χ4n) is 3.21. The van der Waals surface area contributed by atoms with Gasteiger partial charge >= 0.3 is 0 Å². The summed E-state index contributed by atoms with van der Waals surface area (Å²) in [5.74, 6) is 0. The van der Waals surface area contributed by atoms with Gasteiger partial charge in [0.1, 0.15) is 0 Å². The van der Waals surface area contributed by atoms with Crippen molar-refractivity contribution in [3.8, 4) is 0 Å². The number of benzene rings is 1. The van der Waals surface area contributed by atoms with Crippen LogP contribution in [-0.2, 0) is 6.42 Å². The summed E-state index contributed by atoms with van der Waals surface area (Å²) in [7, 11) is 0. The van der Waals surface area contributed by atoms with Gasteiger partial charge < -0.3 is 10.2 Å². The molecule has 0 saturated heterocycles. The summed E-state index contributed by atoms with van der Waals surface area (Å²) in [6, 6.07) is 9.00. The van der Waals surface area contributed by atoms with Crippen molar-refractivity contribution in [3.63, 3.8) is 0 Å². The Morgan fingerprint density at radius 3 is 2.76 bits per heavy atom. The summed E-state index contributed by atoms with van der Waals surface area (Å²) >= 11 is 0. The molecule has 0 aliphatic carbocycles. The highest BCUT2D eigenvalue weighted by atomic mass is 15.1. The van der Waals surface area contributed by atoms with Crippen LogP contribution in [0.3, 0.4) is 0 Å². The summed E-state index contributed by atoms with van der Waals surface area (Å²) in [4.78, 5) is 2.62. The molecule has 0 amide bonds. The highest BCUT2D eigenvalue weighted by Crippen LogP contribution is 2.26. The molecule has 1 aliphatic heterocycles. The Kier molecular flexibility index (Phi) is 7.66. The molecule has 0 saturated carbocycles. The van der Waals surface area contributed by atoms with Gasteiger partial charge in [0.2, 0.25) is 0 Å². The smallest absolute Gasteiger partial charge is 0.0398 e. The van der Waals surface area contributed by atoms with E-state index in [0.29, 0.717) is 0 Å². The van der Waals surface area contributed by atoms with Crippen LogP contribution in [-0.4, -0.2) is 26.2 Å². The summed E-state index contributed by atoms with van der Waals surface area (Å²) in [6.07, 6.45) is 10.6. The van der Waals surface area contributed by atoms with Gasteiger partial charge in [-0.25, -0.2) is 0 Å². The van der Waals surface area contributed by atoms with Crippen molar-refractivity contribution < 1.29 is 0 Å². The minimum Gasteiger partial charge on any atom is -0.371 e. The maximum Gasteiger partial charge on any atom is 0.0398 e. The molecule has 2 heteroatoms. The number of rotatable bonds is 9. The second-order valence-corrected chi connectivity index (χ2v) is 6.24. The van der Waals surface area contributed by atoms with Crippen molar-refractivity contribution in [2.24, 2.45) is 0 Å². The minimum atomic E-state index is 1.17. The molecule has 118 valence electrons. The maximum absolute atomic E-state index is 3.49. The van der Waals surface area contributed by atoms with Gasteiger partial charge in [0.05, 0.1) is 0 Å². The number of anilines is 1. The van der Waals surface area contributed by atoms with Gasteiger partial charge in [-0.05, 0) is 63.2 Å². The van der Waals surface area contributed by atoms with E-state index >= 15 is 0 Å². The van der Waals surface area contributed by atoms with Crippen LogP contribution in [0.25, 0.3) is 0 Å². The third-order valence-corrected chi connectivity index (χ3v) is 4.41. The van der Waals surface area contributed by atoms with E-state index in [1.807, 2.05) is 0 Å². The predicted molar refractivity (Wildman–Crippen MR) is 93.2 cm³/mol. The molecule has 0 unspecified atom stereocenters. The third kappa shape index (κ3) is 5.70. The average Bonchev–Trinajstić information content (AvgIpc) is 2.72. The van der Waals surface area contributed by atoms with Gasteiger partial charge in [0, 0.05) is 18.8 Å². The normalized spacial score (nSPS) is 14.8. The zero-order chi connectivity index (χ0) is 14.8. The van der Waals surface area contributed by atoms with Gasteiger partial charge in [-0.15, -0.1) is 0 Å². The Morgan fingerprint density at radius 2 is 1.86 bits per heavy atom. The highest BCUT2D eigenvalue weighted by molar-refractivity contribution is 5.54. The minimum absolute atomic E-state index is 1.17. The van der Waals surface area contributed by atoms with Crippen molar-refractivity contribution in [3.05, 3.63) is 29.8 Å². The number of hydrogen-bond acceptors (Lipinski definition) is 2. The Hall–Kier alpha value is -1.02. The molecule has 1 aliphatic rings. The predicted octanol–water partition coefficient (Wildman–Crippen LogP) is 4.39. The lowest BCUT2D eigenvalue weighted by Crippen LogP contribution is -2.25. The van der Waals surface area contributed by atoms with Crippen molar-refractivity contribution in [1.29, 1.82) is 0 Å². The third-order valence-electron chi connectivity index (χ3n) is 4.41. The zero-order valence-corrected chi connectivity index (χ0v) is 13.7. The first-order chi connectivity index (χ1) is 10.4. The van der Waals surface area contributed by atoms with Crippen molar-refractivity contribution in [2.45, 2.75) is 58.3 Å². The number of fused-ring (bicyclic) bond motifs is 1. The van der Waals surface area contributed by atoms with E-state index in [1.165, 1.54) is 83.2 Å². The summed E-state index contributed by atoms with van der Waals surface area (Å²) in [6.45, 7) is 7.07. The van der Waals surface area contributed by atoms with Crippen LogP contribution >= 0.6 is 0 Å². The van der Waals surface area contributed by atoms with Gasteiger partial charge in [0.25, 0.3) is 0 Å². The molecule has 0 fully saturated rings. The Morgan fingerprint density at radius 1 is 1.00 bits per heavy atom. The second kappa shape index (κ2) is 9.83. The molecule has 0 aromatic heterocycles. The van der Waals surface area contributed by atoms with Crippen molar-refractivity contribution >= 4 is 5.69 Å². The summed E-state index contributed by atoms with van der Waals surface area (Å²) in [5.41, 5.74) is 3.05. The summed E-state index contributed by atoms with van der Waals surface area (Å²) in [5, 5.41) is 3.49. The lowest BCUT2D eigenvalue weighted by Gasteiger charge is -2.25. The molecule has 1 aromatic rings. The van der Waals surface area contributed by atoms with Crippen LogP contribution in [0.5, 0.6) is 0 Å². The fraction of sp³-hybridized carbons (Fsp3) is 0.684. The number of unbranched alkanes of at least 4 members (excludes halogenated alkanes) is 3. The largest absolute Gasteiger partial charge is 0.371 e. The van der Waals surface area contributed by atoms with E-state index in [2.05, 4.69) is 41.4 Å². The molecule has 0 spiro atoms. The number of hydrogen-bond donors (Lipinski definition) is 1. The highest BCUT2D eigenvalue weighted by Gasteiger charge is 2.13. The second-order valence-electron chi connectivity index (χ2n) is 6.24. The standard InChI is InChI=1S/C19H32N2/c1-2-14-20-15-8-3-4-9-16-21-17-10-7-12-18-11-5-6-13-19(18)21/h5-6,11,13,20H,2-4,7-10,12,14-17H2,1H3. The monoisotopic (exact) mass is 288 g/mol. The molecule has 1 N–H and O–H groups in total. The van der Waals surface area contributed by atoms with Crippen LogP contribution in [0.1, 0.15) is 57.4 Å². The molecule has 0 atom stereocenters. The van der Waals surface area contributed by atoms with Crippen molar-refractivity contribution in [1.82, 2.24) is 5.32 Å². The van der Waals surface area contributed by atoms with E-state index in [4.69, 9.17) is 0 Å². The van der Waals surface area contributed by atoms with Gasteiger partial charge in [-0.1, -0.05) is 38.0 Å². The number of aryl methyl sites for hydroxylation is 1. The van der Waals surface area contributed by atoms with Gasteiger partial charge in [0.15, 0.2) is 0 Å². The van der Waals surface area contributed by atoms with E-state index in [-0.39, 0.29) is 0 Å². The Balaban J connectivity index is 1.66. The quantitative estimate of drug-likeness (QED) is 0.678. The zero-order valence-electron chi connectivity index (χ0n) is 13.7. The lowest BCUT2D eigenvalue weighted by atomic mass is 10.1. The van der Waals surface area contributed by atoms with Gasteiger partial charge in [-0.3, -0.25) is 0 Å². The van der Waals surface area contributed by atoms with Gasteiger partial charge in [-0.2, -0.15) is 0 Å². The van der Waals surface area contributed by atoms with E-state index in [9.17, 15) is 0 Å². The molecule has 1 heterocycles. The number of nitrogens with one attached hydrogen (secondary N) is 1. The molecular formula is C19H32N2. The van der Waals surface area contributed by atoms with E-state index in [0.717, 1.165) is 0 Å². The van der Waals surface area contributed by atoms with Crippen LogP contribution in [0.2, 0.25) is 0 Å². The fourth-order valence-corrected chi connectivity index (χ4v) is 3.21. The molecule has 1 aromatic carbocycles.